The fraction of sp³-hybridized carbons (Fsp3) is 0.364. The summed E-state index contributed by atoms with van der Waals surface area (Å²) in [6, 6.07) is 16.3. The molecule has 3 N–H and O–H groups in total. The molecule has 4 aromatic rings. The summed E-state index contributed by atoms with van der Waals surface area (Å²) >= 11 is 0. The Kier molecular flexibility index (Phi) is 10.1. The van der Waals surface area contributed by atoms with E-state index in [1.807, 2.05) is 51.1 Å². The summed E-state index contributed by atoms with van der Waals surface area (Å²) in [5.74, 6) is 2.85. The number of aliphatic hydroxyl groups is 3. The minimum absolute atomic E-state index is 0.324. The Morgan fingerprint density at radius 2 is 1.00 bits per heavy atom. The minimum Gasteiger partial charge on any atom is -0.494 e. The summed E-state index contributed by atoms with van der Waals surface area (Å²) in [4.78, 5) is 14.6. The zero-order valence-corrected chi connectivity index (χ0v) is 25.0. The average molecular weight is 574 g/mol. The van der Waals surface area contributed by atoms with E-state index >= 15 is 0 Å². The van der Waals surface area contributed by atoms with Crippen LogP contribution >= 0.6 is 0 Å². The van der Waals surface area contributed by atoms with E-state index in [-0.39, 0.29) is 0 Å². The van der Waals surface area contributed by atoms with Gasteiger partial charge >= 0.3 is 0 Å². The molecule has 0 fully saturated rings. The van der Waals surface area contributed by atoms with Crippen molar-refractivity contribution < 1.29 is 29.5 Å². The van der Waals surface area contributed by atoms with Gasteiger partial charge in [0.25, 0.3) is 0 Å². The highest BCUT2D eigenvalue weighted by Crippen LogP contribution is 2.37. The van der Waals surface area contributed by atoms with Crippen LogP contribution in [0, 0.1) is 0 Å². The molecule has 0 saturated heterocycles. The van der Waals surface area contributed by atoms with Crippen molar-refractivity contribution in [3.05, 3.63) is 71.3 Å². The first-order valence-electron chi connectivity index (χ1n) is 14.3. The van der Waals surface area contributed by atoms with Crippen molar-refractivity contribution in [3.8, 4) is 51.4 Å². The minimum atomic E-state index is -0.856. The summed E-state index contributed by atoms with van der Waals surface area (Å²) in [7, 11) is 0. The van der Waals surface area contributed by atoms with Crippen LogP contribution in [0.5, 0.6) is 17.2 Å². The molecule has 3 atom stereocenters. The van der Waals surface area contributed by atoms with E-state index in [2.05, 4.69) is 0 Å². The number of aliphatic hydroxyl groups excluding tert-OH is 3. The van der Waals surface area contributed by atoms with Crippen LogP contribution in [0.3, 0.4) is 0 Å². The highest BCUT2D eigenvalue weighted by molar-refractivity contribution is 5.73. The van der Waals surface area contributed by atoms with Gasteiger partial charge in [0.05, 0.1) is 43.7 Å². The molecule has 222 valence electrons. The topological polar surface area (TPSA) is 127 Å². The van der Waals surface area contributed by atoms with E-state index in [1.54, 1.807) is 45.0 Å². The third kappa shape index (κ3) is 6.87. The van der Waals surface area contributed by atoms with E-state index in [1.165, 1.54) is 0 Å². The third-order valence-corrected chi connectivity index (χ3v) is 6.71. The van der Waals surface area contributed by atoms with Crippen LogP contribution in [0.1, 0.15) is 76.5 Å². The molecule has 0 aliphatic carbocycles. The Hall–Kier alpha value is -4.05. The first kappa shape index (κ1) is 30.9. The molecular formula is C33H39N3O6. The van der Waals surface area contributed by atoms with Crippen LogP contribution in [0.15, 0.2) is 54.6 Å². The highest BCUT2D eigenvalue weighted by atomic mass is 16.5. The Balaban J connectivity index is 2.02. The van der Waals surface area contributed by atoms with E-state index in [0.29, 0.717) is 87.9 Å². The summed E-state index contributed by atoms with van der Waals surface area (Å²) in [6.45, 7) is 12.1. The van der Waals surface area contributed by atoms with Crippen LogP contribution in [-0.4, -0.2) is 50.1 Å². The molecular weight excluding hydrogens is 534 g/mol. The second kappa shape index (κ2) is 13.7. The third-order valence-electron chi connectivity index (χ3n) is 6.71. The van der Waals surface area contributed by atoms with Crippen molar-refractivity contribution in [3.63, 3.8) is 0 Å². The van der Waals surface area contributed by atoms with Gasteiger partial charge in [0.2, 0.25) is 0 Å². The van der Waals surface area contributed by atoms with E-state index in [4.69, 9.17) is 29.2 Å². The van der Waals surface area contributed by atoms with E-state index in [0.717, 1.165) is 0 Å². The maximum absolute atomic E-state index is 10.7. The molecule has 0 bridgehead atoms. The van der Waals surface area contributed by atoms with Gasteiger partial charge in [-0.2, -0.15) is 0 Å². The Morgan fingerprint density at radius 3 is 1.50 bits per heavy atom. The van der Waals surface area contributed by atoms with Crippen LogP contribution in [0.2, 0.25) is 0 Å². The van der Waals surface area contributed by atoms with Gasteiger partial charge in [0.1, 0.15) is 17.2 Å². The molecule has 0 spiro atoms. The van der Waals surface area contributed by atoms with Crippen molar-refractivity contribution in [2.24, 2.45) is 0 Å². The average Bonchev–Trinajstić information content (AvgIpc) is 2.97. The van der Waals surface area contributed by atoms with Crippen molar-refractivity contribution in [2.75, 3.05) is 19.8 Å². The molecule has 3 unspecified atom stereocenters. The van der Waals surface area contributed by atoms with Gasteiger partial charge < -0.3 is 29.5 Å². The first-order chi connectivity index (χ1) is 20.2. The molecule has 0 radical (unpaired) electrons. The Labute approximate surface area is 246 Å². The number of hydrogen-bond donors (Lipinski definition) is 3. The quantitative estimate of drug-likeness (QED) is 0.181. The van der Waals surface area contributed by atoms with Gasteiger partial charge in [-0.05, 0) is 94.6 Å². The second-order valence-electron chi connectivity index (χ2n) is 9.89. The fourth-order valence-corrected chi connectivity index (χ4v) is 4.69. The summed E-state index contributed by atoms with van der Waals surface area (Å²) in [5, 5.41) is 31.6. The van der Waals surface area contributed by atoms with E-state index in [9.17, 15) is 15.3 Å². The molecule has 9 nitrogen and oxygen atoms in total. The van der Waals surface area contributed by atoms with Crippen molar-refractivity contribution in [2.45, 2.75) is 59.9 Å². The zero-order valence-electron chi connectivity index (χ0n) is 25.0. The first-order valence-corrected chi connectivity index (χ1v) is 14.3. The number of aromatic nitrogens is 3. The molecule has 9 heteroatoms. The van der Waals surface area contributed by atoms with Crippen molar-refractivity contribution in [1.82, 2.24) is 15.0 Å². The number of nitrogens with zero attached hydrogens (tertiary/aromatic N) is 3. The SMILES string of the molecule is CCOc1ccc(-c2nc(-c3ccc(OCC)cc3C(C)O)nc(-c3ccc(C(C)O)cc3C(C)O)n2)c(OCC)c1. The Morgan fingerprint density at radius 1 is 0.548 bits per heavy atom. The van der Waals surface area contributed by atoms with Gasteiger partial charge in [-0.3, -0.25) is 0 Å². The zero-order chi connectivity index (χ0) is 30.4. The van der Waals surface area contributed by atoms with Crippen molar-refractivity contribution >= 4 is 0 Å². The smallest absolute Gasteiger partial charge is 0.167 e. The summed E-state index contributed by atoms with van der Waals surface area (Å²) in [5.41, 5.74) is 3.66. The highest BCUT2D eigenvalue weighted by Gasteiger charge is 2.22. The van der Waals surface area contributed by atoms with Crippen LogP contribution in [-0.2, 0) is 0 Å². The summed E-state index contributed by atoms with van der Waals surface area (Å²) in [6.07, 6.45) is -2.40. The molecule has 3 aromatic carbocycles. The Bertz CT molecular complexity index is 1520. The standard InChI is InChI=1S/C33H39N3O6/c1-7-40-23-11-14-26(29(17-23)21(6)39)32-34-31(25-13-10-22(19(4)37)16-28(25)20(5)38)35-33(36-32)27-15-12-24(41-8-2)18-30(27)42-9-3/h10-21,37-39H,7-9H2,1-6H3. The van der Waals surface area contributed by atoms with Gasteiger partial charge in [0.15, 0.2) is 17.5 Å². The van der Waals surface area contributed by atoms with Gasteiger partial charge in [-0.25, -0.2) is 15.0 Å². The lowest BCUT2D eigenvalue weighted by atomic mass is 9.97. The molecule has 0 amide bonds. The van der Waals surface area contributed by atoms with Crippen LogP contribution < -0.4 is 14.2 Å². The molecule has 1 heterocycles. The predicted octanol–water partition coefficient (Wildman–Crippen LogP) is 6.23. The fourth-order valence-electron chi connectivity index (χ4n) is 4.69. The molecule has 4 rings (SSSR count). The van der Waals surface area contributed by atoms with Gasteiger partial charge in [0, 0.05) is 17.2 Å². The van der Waals surface area contributed by atoms with E-state index < -0.39 is 18.3 Å². The van der Waals surface area contributed by atoms with Gasteiger partial charge in [-0.1, -0.05) is 12.1 Å². The van der Waals surface area contributed by atoms with Gasteiger partial charge in [-0.15, -0.1) is 0 Å². The van der Waals surface area contributed by atoms with Crippen molar-refractivity contribution in [1.29, 1.82) is 0 Å². The molecule has 42 heavy (non-hydrogen) atoms. The second-order valence-corrected chi connectivity index (χ2v) is 9.89. The monoisotopic (exact) mass is 573 g/mol. The molecule has 0 saturated carbocycles. The maximum atomic E-state index is 10.7. The maximum Gasteiger partial charge on any atom is 0.167 e. The summed E-state index contributed by atoms with van der Waals surface area (Å²) < 4.78 is 17.3. The largest absolute Gasteiger partial charge is 0.494 e. The predicted molar refractivity (Wildman–Crippen MR) is 162 cm³/mol. The normalized spacial score (nSPS) is 13.4. The lowest BCUT2D eigenvalue weighted by Gasteiger charge is -2.18. The lowest BCUT2D eigenvalue weighted by molar-refractivity contribution is 0.193. The number of rotatable bonds is 12. The van der Waals surface area contributed by atoms with Crippen LogP contribution in [0.4, 0.5) is 0 Å². The molecule has 0 aliphatic heterocycles. The van der Waals surface area contributed by atoms with Crippen LogP contribution in [0.25, 0.3) is 34.2 Å². The number of hydrogen-bond acceptors (Lipinski definition) is 9. The number of benzene rings is 3. The molecule has 0 aliphatic rings. The number of ether oxygens (including phenoxy) is 3. The lowest BCUT2D eigenvalue weighted by Crippen LogP contribution is -2.07. The molecule has 1 aromatic heterocycles.